The summed E-state index contributed by atoms with van der Waals surface area (Å²) in [4.78, 5) is 16.1. The minimum Gasteiger partial charge on any atom is -0.397 e. The zero-order chi connectivity index (χ0) is 14.8. The zero-order valence-corrected chi connectivity index (χ0v) is 12.8. The maximum Gasteiger partial charge on any atom is 0.263 e. The third-order valence-electron chi connectivity index (χ3n) is 3.91. The van der Waals surface area contributed by atoms with E-state index in [-0.39, 0.29) is 11.9 Å². The maximum atomic E-state index is 12.5. The Labute approximate surface area is 127 Å². The van der Waals surface area contributed by atoms with Gasteiger partial charge in [-0.3, -0.25) is 4.79 Å². The molecule has 0 bridgehead atoms. The fraction of sp³-hybridized carbons (Fsp3) is 0.500. The van der Waals surface area contributed by atoms with Gasteiger partial charge in [-0.25, -0.2) is 0 Å². The van der Waals surface area contributed by atoms with Crippen molar-refractivity contribution in [2.75, 3.05) is 25.4 Å². The molecule has 2 aromatic heterocycles. The lowest BCUT2D eigenvalue weighted by molar-refractivity contribution is 0.0911. The van der Waals surface area contributed by atoms with Crippen molar-refractivity contribution >= 4 is 33.1 Å². The van der Waals surface area contributed by atoms with E-state index in [2.05, 4.69) is 27.3 Å². The van der Waals surface area contributed by atoms with Gasteiger partial charge in [0.25, 0.3) is 5.91 Å². The number of nitrogens with one attached hydrogen (secondary N) is 1. The second-order valence-electron chi connectivity index (χ2n) is 5.30. The van der Waals surface area contributed by atoms with E-state index in [0.29, 0.717) is 15.4 Å². The van der Waals surface area contributed by atoms with Crippen LogP contribution in [0, 0.1) is 0 Å². The summed E-state index contributed by atoms with van der Waals surface area (Å²) in [6.07, 6.45) is 3.73. The topological polar surface area (TPSA) is 84.1 Å². The molecule has 1 unspecified atom stereocenters. The molecule has 3 N–H and O–H groups in total. The molecule has 0 radical (unpaired) electrons. The average molecular weight is 305 g/mol. The minimum absolute atomic E-state index is 0.0987. The van der Waals surface area contributed by atoms with Crippen molar-refractivity contribution in [2.45, 2.75) is 25.8 Å². The molecule has 0 saturated carbocycles. The van der Waals surface area contributed by atoms with E-state index < -0.39 is 0 Å². The van der Waals surface area contributed by atoms with Gasteiger partial charge in [0.2, 0.25) is 0 Å². The van der Waals surface area contributed by atoms with Gasteiger partial charge in [-0.2, -0.15) is 5.10 Å². The van der Waals surface area contributed by atoms with Crippen molar-refractivity contribution in [1.29, 1.82) is 0 Å². The van der Waals surface area contributed by atoms with Crippen LogP contribution in [-0.4, -0.2) is 46.7 Å². The van der Waals surface area contributed by atoms with Crippen molar-refractivity contribution in [3.63, 3.8) is 0 Å². The van der Waals surface area contributed by atoms with Crippen LogP contribution in [0.15, 0.2) is 12.3 Å². The molecule has 3 heterocycles. The van der Waals surface area contributed by atoms with Gasteiger partial charge in [0, 0.05) is 18.0 Å². The highest BCUT2D eigenvalue weighted by Crippen LogP contribution is 2.31. The smallest absolute Gasteiger partial charge is 0.263 e. The Hall–Kier alpha value is -1.73. The molecular weight excluding hydrogens is 286 g/mol. The van der Waals surface area contributed by atoms with E-state index in [1.54, 1.807) is 12.3 Å². The Morgan fingerprint density at radius 2 is 2.48 bits per heavy atom. The van der Waals surface area contributed by atoms with Gasteiger partial charge in [-0.05, 0) is 32.0 Å². The number of nitrogens with zero attached hydrogens (tertiary/aromatic N) is 3. The number of anilines is 1. The van der Waals surface area contributed by atoms with Crippen molar-refractivity contribution in [1.82, 2.24) is 20.4 Å². The van der Waals surface area contributed by atoms with E-state index in [1.165, 1.54) is 11.3 Å². The molecule has 3 rings (SSSR count). The number of amides is 1. The monoisotopic (exact) mass is 305 g/mol. The van der Waals surface area contributed by atoms with Crippen molar-refractivity contribution in [3.05, 3.63) is 17.1 Å². The lowest BCUT2D eigenvalue weighted by Gasteiger charge is -2.32. The predicted octanol–water partition coefficient (Wildman–Crippen LogP) is 1.49. The Bertz CT molecular complexity index is 656. The zero-order valence-electron chi connectivity index (χ0n) is 12.0. The first-order chi connectivity index (χ1) is 10.2. The molecule has 0 aromatic carbocycles. The van der Waals surface area contributed by atoms with Gasteiger partial charge < -0.3 is 16.0 Å². The summed E-state index contributed by atoms with van der Waals surface area (Å²) in [6.45, 7) is 5.19. The third kappa shape index (κ3) is 2.84. The van der Waals surface area contributed by atoms with E-state index in [4.69, 9.17) is 5.73 Å². The van der Waals surface area contributed by atoms with Gasteiger partial charge in [0.1, 0.15) is 9.71 Å². The molecule has 1 fully saturated rings. The van der Waals surface area contributed by atoms with Crippen LogP contribution in [0.5, 0.6) is 0 Å². The largest absolute Gasteiger partial charge is 0.397 e. The number of likely N-dealkylation sites (N-methyl/N-ethyl adjacent to an activating group) is 1. The van der Waals surface area contributed by atoms with Gasteiger partial charge in [-0.1, -0.05) is 6.92 Å². The molecule has 112 valence electrons. The highest BCUT2D eigenvalue weighted by Gasteiger charge is 2.23. The molecule has 0 aliphatic carbocycles. The van der Waals surface area contributed by atoms with Gasteiger partial charge >= 0.3 is 0 Å². The number of aromatic nitrogens is 2. The van der Waals surface area contributed by atoms with Crippen LogP contribution in [0.1, 0.15) is 29.4 Å². The highest BCUT2D eigenvalue weighted by molar-refractivity contribution is 7.21. The number of likely N-dealkylation sites (tertiary alicyclic amines) is 1. The summed E-state index contributed by atoms with van der Waals surface area (Å²) >= 11 is 1.30. The summed E-state index contributed by atoms with van der Waals surface area (Å²) in [5.41, 5.74) is 6.58. The minimum atomic E-state index is -0.0987. The summed E-state index contributed by atoms with van der Waals surface area (Å²) in [7, 11) is 0. The molecule has 0 spiro atoms. The van der Waals surface area contributed by atoms with Crippen molar-refractivity contribution in [3.8, 4) is 0 Å². The summed E-state index contributed by atoms with van der Waals surface area (Å²) in [5.74, 6) is -0.0987. The maximum absolute atomic E-state index is 12.5. The predicted molar refractivity (Wildman–Crippen MR) is 84.4 cm³/mol. The Morgan fingerprint density at radius 3 is 3.24 bits per heavy atom. The van der Waals surface area contributed by atoms with Crippen LogP contribution < -0.4 is 11.1 Å². The molecule has 21 heavy (non-hydrogen) atoms. The van der Waals surface area contributed by atoms with Gasteiger partial charge in [0.15, 0.2) is 0 Å². The number of hydrogen-bond acceptors (Lipinski definition) is 6. The van der Waals surface area contributed by atoms with Crippen LogP contribution in [0.4, 0.5) is 5.69 Å². The molecular formula is C14H19N5OS. The number of hydrogen-bond donors (Lipinski definition) is 2. The summed E-state index contributed by atoms with van der Waals surface area (Å²) in [6, 6.07) is 1.99. The number of carbonyl (C=O) groups excluding carboxylic acids is 1. The molecule has 1 aliphatic heterocycles. The number of rotatable bonds is 3. The molecule has 7 heteroatoms. The van der Waals surface area contributed by atoms with Gasteiger partial charge in [-0.15, -0.1) is 16.4 Å². The van der Waals surface area contributed by atoms with Crippen LogP contribution in [0.2, 0.25) is 0 Å². The molecule has 2 aromatic rings. The number of carbonyl (C=O) groups is 1. The molecule has 1 aliphatic rings. The quantitative estimate of drug-likeness (QED) is 0.897. The molecule has 6 nitrogen and oxygen atoms in total. The second-order valence-corrected chi connectivity index (χ2v) is 6.30. The highest BCUT2D eigenvalue weighted by atomic mass is 32.1. The SMILES string of the molecule is CCN1CCCC(NC(=O)c2sc3nnccc3c2N)C1. The standard InChI is InChI=1S/C14H19N5OS/c1-2-19-7-3-4-9(8-19)17-13(20)12-11(15)10-5-6-16-18-14(10)21-12/h5-6,9H,2-4,7-8,15H2,1H3,(H,17,20). The van der Waals surface area contributed by atoms with E-state index in [0.717, 1.165) is 37.9 Å². The van der Waals surface area contributed by atoms with Crippen LogP contribution in [0.3, 0.4) is 0 Å². The average Bonchev–Trinajstić information content (AvgIpc) is 2.85. The van der Waals surface area contributed by atoms with Crippen molar-refractivity contribution in [2.24, 2.45) is 0 Å². The summed E-state index contributed by atoms with van der Waals surface area (Å²) < 4.78 is 0. The number of thiophene rings is 1. The second kappa shape index (κ2) is 5.95. The van der Waals surface area contributed by atoms with Crippen molar-refractivity contribution < 1.29 is 4.79 Å². The molecule has 1 amide bonds. The number of piperidine rings is 1. The van der Waals surface area contributed by atoms with E-state index in [1.807, 2.05) is 0 Å². The van der Waals surface area contributed by atoms with Crippen LogP contribution in [-0.2, 0) is 0 Å². The normalized spacial score (nSPS) is 19.8. The number of nitrogens with two attached hydrogens (primary N) is 1. The Morgan fingerprint density at radius 1 is 1.62 bits per heavy atom. The first kappa shape index (κ1) is 14.2. The van der Waals surface area contributed by atoms with E-state index >= 15 is 0 Å². The fourth-order valence-corrected chi connectivity index (χ4v) is 3.69. The third-order valence-corrected chi connectivity index (χ3v) is 5.02. The first-order valence-corrected chi connectivity index (χ1v) is 8.03. The fourth-order valence-electron chi connectivity index (χ4n) is 2.75. The van der Waals surface area contributed by atoms with Crippen LogP contribution in [0.25, 0.3) is 10.2 Å². The molecule has 1 saturated heterocycles. The number of nitrogen functional groups attached to an aromatic ring is 1. The first-order valence-electron chi connectivity index (χ1n) is 7.22. The Kier molecular flexibility index (Phi) is 4.03. The molecule has 1 atom stereocenters. The van der Waals surface area contributed by atoms with E-state index in [9.17, 15) is 4.79 Å². The Balaban J connectivity index is 1.76. The van der Waals surface area contributed by atoms with Gasteiger partial charge in [0.05, 0.1) is 11.9 Å². The number of fused-ring (bicyclic) bond motifs is 1. The lowest BCUT2D eigenvalue weighted by Crippen LogP contribution is -2.47. The summed E-state index contributed by atoms with van der Waals surface area (Å²) in [5, 5.41) is 11.8. The van der Waals surface area contributed by atoms with Crippen LogP contribution >= 0.6 is 11.3 Å². The lowest BCUT2D eigenvalue weighted by atomic mass is 10.1.